The Labute approximate surface area is 189 Å². The van der Waals surface area contributed by atoms with Gasteiger partial charge in [0.15, 0.2) is 0 Å². The van der Waals surface area contributed by atoms with Crippen molar-refractivity contribution in [2.24, 2.45) is 5.41 Å². The minimum Gasteiger partial charge on any atom is -0.272 e. The third-order valence-electron chi connectivity index (χ3n) is 6.96. The van der Waals surface area contributed by atoms with Crippen LogP contribution in [0.25, 0.3) is 11.0 Å². The van der Waals surface area contributed by atoms with E-state index in [0.29, 0.717) is 38.8 Å². The molecule has 8 heteroatoms. The Morgan fingerprint density at radius 1 is 1.00 bits per heavy atom. The van der Waals surface area contributed by atoms with Crippen LogP contribution in [0.3, 0.4) is 0 Å². The van der Waals surface area contributed by atoms with Gasteiger partial charge in [-0.2, -0.15) is 0 Å². The van der Waals surface area contributed by atoms with Gasteiger partial charge in [-0.1, -0.05) is 55.2 Å². The van der Waals surface area contributed by atoms with Crippen molar-refractivity contribution in [2.45, 2.75) is 38.0 Å². The molecule has 2 atom stereocenters. The molecule has 1 aromatic heterocycles. The van der Waals surface area contributed by atoms with Gasteiger partial charge in [-0.25, -0.2) is 9.97 Å². The topological polar surface area (TPSA) is 84.0 Å². The molecule has 31 heavy (non-hydrogen) atoms. The second-order valence-corrected chi connectivity index (χ2v) is 9.52. The third-order valence-corrected chi connectivity index (χ3v) is 7.68. The summed E-state index contributed by atoms with van der Waals surface area (Å²) in [4.78, 5) is 35.7. The summed E-state index contributed by atoms with van der Waals surface area (Å²) in [5, 5.41) is 0.807. The number of hydrazine groups is 1. The van der Waals surface area contributed by atoms with Gasteiger partial charge in [0, 0.05) is 11.5 Å². The summed E-state index contributed by atoms with van der Waals surface area (Å²) in [7, 11) is 0. The lowest BCUT2D eigenvalue weighted by molar-refractivity contribution is -0.130. The summed E-state index contributed by atoms with van der Waals surface area (Å²) in [6.07, 6.45) is 1.45. The zero-order valence-corrected chi connectivity index (χ0v) is 18.5. The summed E-state index contributed by atoms with van der Waals surface area (Å²) >= 11 is 12.4. The van der Waals surface area contributed by atoms with Gasteiger partial charge in [-0.3, -0.25) is 20.4 Å². The number of hydrogen-bond donors (Lipinski definition) is 2. The van der Waals surface area contributed by atoms with Gasteiger partial charge in [-0.05, 0) is 42.5 Å². The van der Waals surface area contributed by atoms with Crippen LogP contribution in [0.1, 0.15) is 54.4 Å². The summed E-state index contributed by atoms with van der Waals surface area (Å²) in [5.74, 6) is -0.567. The van der Waals surface area contributed by atoms with Crippen molar-refractivity contribution < 1.29 is 9.59 Å². The van der Waals surface area contributed by atoms with Crippen molar-refractivity contribution >= 4 is 46.0 Å². The maximum absolute atomic E-state index is 13.6. The van der Waals surface area contributed by atoms with Crippen LogP contribution in [-0.2, 0) is 10.2 Å². The number of fused-ring (bicyclic) bond motifs is 6. The quantitative estimate of drug-likeness (QED) is 0.556. The number of carbonyl (C=O) groups excluding carboxylic acids is 2. The molecule has 2 aromatic carbocycles. The molecule has 6 nitrogen and oxygen atoms in total. The smallest absolute Gasteiger partial charge is 0.269 e. The molecule has 0 saturated heterocycles. The second-order valence-electron chi connectivity index (χ2n) is 8.71. The molecule has 0 aliphatic heterocycles. The predicted octanol–water partition coefficient (Wildman–Crippen LogP) is 4.55. The zero-order chi connectivity index (χ0) is 22.0. The lowest BCUT2D eigenvalue weighted by atomic mass is 9.68. The molecule has 158 valence electrons. The van der Waals surface area contributed by atoms with E-state index in [-0.39, 0.29) is 17.7 Å². The highest BCUT2D eigenvalue weighted by Gasteiger charge is 2.68. The van der Waals surface area contributed by atoms with Crippen LogP contribution >= 0.6 is 23.2 Å². The molecule has 2 aliphatic carbocycles. The lowest BCUT2D eigenvalue weighted by Gasteiger charge is -2.36. The van der Waals surface area contributed by atoms with Crippen molar-refractivity contribution in [3.63, 3.8) is 0 Å². The fourth-order valence-corrected chi connectivity index (χ4v) is 5.58. The van der Waals surface area contributed by atoms with Gasteiger partial charge in [0.1, 0.15) is 5.41 Å². The van der Waals surface area contributed by atoms with Crippen molar-refractivity contribution in [3.8, 4) is 0 Å². The van der Waals surface area contributed by atoms with Crippen LogP contribution in [0, 0.1) is 5.41 Å². The Kier molecular flexibility index (Phi) is 4.50. The number of carbonyl (C=O) groups is 2. The summed E-state index contributed by atoms with van der Waals surface area (Å²) in [5.41, 5.74) is 7.09. The summed E-state index contributed by atoms with van der Waals surface area (Å²) in [6, 6.07) is 12.1. The molecule has 1 saturated carbocycles. The monoisotopic (exact) mass is 454 g/mol. The van der Waals surface area contributed by atoms with Crippen molar-refractivity contribution in [3.05, 3.63) is 69.5 Å². The van der Waals surface area contributed by atoms with Gasteiger partial charge in [0.05, 0.1) is 32.5 Å². The van der Waals surface area contributed by atoms with Gasteiger partial charge >= 0.3 is 0 Å². The van der Waals surface area contributed by atoms with Crippen LogP contribution in [0.2, 0.25) is 10.0 Å². The Bertz CT molecular complexity index is 1250. The first-order valence-corrected chi connectivity index (χ1v) is 10.8. The number of amides is 2. The molecule has 2 bridgehead atoms. The molecule has 1 fully saturated rings. The van der Waals surface area contributed by atoms with E-state index in [4.69, 9.17) is 33.2 Å². The summed E-state index contributed by atoms with van der Waals surface area (Å²) < 4.78 is 0. The molecular weight excluding hydrogens is 435 g/mol. The standard InChI is InChI=1S/C23H20Cl2N4O2/c1-22(2)13-8-9-23(22,21(31)29-28-20(30)12-6-4-3-5-7-12)19-18(13)26-16-10-14(24)15(25)11-17(16)27-19/h3-7,10-11,13H,8-9H2,1-2H3,(H,28,30)(H,29,31). The fourth-order valence-electron chi connectivity index (χ4n) is 5.26. The summed E-state index contributed by atoms with van der Waals surface area (Å²) in [6.45, 7) is 4.13. The fraction of sp³-hybridized carbons (Fsp3) is 0.304. The Morgan fingerprint density at radius 2 is 1.65 bits per heavy atom. The first-order chi connectivity index (χ1) is 14.8. The van der Waals surface area contributed by atoms with Gasteiger partial charge in [0.25, 0.3) is 11.8 Å². The van der Waals surface area contributed by atoms with Crippen LogP contribution in [-0.4, -0.2) is 21.8 Å². The third kappa shape index (κ3) is 2.78. The van der Waals surface area contributed by atoms with E-state index in [9.17, 15) is 9.59 Å². The number of benzene rings is 2. The minimum atomic E-state index is -0.899. The highest BCUT2D eigenvalue weighted by Crippen LogP contribution is 2.67. The van der Waals surface area contributed by atoms with E-state index in [1.807, 2.05) is 6.07 Å². The van der Waals surface area contributed by atoms with Crippen molar-refractivity contribution in [1.29, 1.82) is 0 Å². The van der Waals surface area contributed by atoms with Crippen molar-refractivity contribution in [2.75, 3.05) is 0 Å². The number of rotatable bonds is 2. The number of nitrogens with one attached hydrogen (secondary N) is 2. The van der Waals surface area contributed by atoms with Gasteiger partial charge in [0.2, 0.25) is 0 Å². The molecule has 0 spiro atoms. The van der Waals surface area contributed by atoms with E-state index in [1.165, 1.54) is 0 Å². The van der Waals surface area contributed by atoms with Gasteiger partial charge in [-0.15, -0.1) is 0 Å². The Balaban J connectivity index is 1.53. The molecule has 2 aliphatic rings. The van der Waals surface area contributed by atoms with Crippen LogP contribution in [0.5, 0.6) is 0 Å². The predicted molar refractivity (Wildman–Crippen MR) is 119 cm³/mol. The van der Waals surface area contributed by atoms with E-state index in [0.717, 1.165) is 12.1 Å². The maximum atomic E-state index is 13.6. The average molecular weight is 455 g/mol. The molecule has 2 N–H and O–H groups in total. The lowest BCUT2D eigenvalue weighted by Crippen LogP contribution is -2.54. The number of halogens is 2. The number of nitrogens with zero attached hydrogens (tertiary/aromatic N) is 2. The van der Waals surface area contributed by atoms with Crippen LogP contribution in [0.15, 0.2) is 42.5 Å². The number of hydrogen-bond acceptors (Lipinski definition) is 4. The van der Waals surface area contributed by atoms with E-state index in [2.05, 4.69) is 24.7 Å². The molecule has 3 aromatic rings. The normalized spacial score (nSPS) is 22.9. The average Bonchev–Trinajstić information content (AvgIpc) is 3.13. The molecule has 0 radical (unpaired) electrons. The molecular formula is C23H20Cl2N4O2. The molecule has 5 rings (SSSR count). The first-order valence-electron chi connectivity index (χ1n) is 10.1. The number of aromatic nitrogens is 2. The van der Waals surface area contributed by atoms with E-state index < -0.39 is 10.8 Å². The molecule has 1 heterocycles. The SMILES string of the molecule is CC1(C)C2CCC1(C(=O)NNC(=O)c1ccccc1)c1nc3cc(Cl)c(Cl)cc3nc12. The Morgan fingerprint density at radius 3 is 2.32 bits per heavy atom. The van der Waals surface area contributed by atoms with E-state index >= 15 is 0 Å². The molecule has 2 unspecified atom stereocenters. The molecule has 2 amide bonds. The van der Waals surface area contributed by atoms with Gasteiger partial charge < -0.3 is 0 Å². The van der Waals surface area contributed by atoms with Crippen LogP contribution < -0.4 is 10.9 Å². The Hall–Kier alpha value is -2.70. The maximum Gasteiger partial charge on any atom is 0.269 e. The van der Waals surface area contributed by atoms with E-state index in [1.54, 1.807) is 36.4 Å². The minimum absolute atomic E-state index is 0.0874. The second kappa shape index (κ2) is 6.90. The van der Waals surface area contributed by atoms with Crippen LogP contribution in [0.4, 0.5) is 0 Å². The zero-order valence-electron chi connectivity index (χ0n) is 17.0. The van der Waals surface area contributed by atoms with Crippen molar-refractivity contribution in [1.82, 2.24) is 20.8 Å². The highest BCUT2D eigenvalue weighted by atomic mass is 35.5. The first kappa shape index (κ1) is 20.2. The largest absolute Gasteiger partial charge is 0.272 e. The highest BCUT2D eigenvalue weighted by molar-refractivity contribution is 6.42.